The van der Waals surface area contributed by atoms with Gasteiger partial charge in [0.15, 0.2) is 0 Å². The van der Waals surface area contributed by atoms with E-state index in [4.69, 9.17) is 0 Å². The molecule has 1 heterocycles. The maximum atomic E-state index is 12.2. The first kappa shape index (κ1) is 14.0. The topological polar surface area (TPSA) is 20.3 Å². The van der Waals surface area contributed by atoms with Gasteiger partial charge in [-0.1, -0.05) is 15.9 Å². The van der Waals surface area contributed by atoms with E-state index in [1.807, 2.05) is 18.0 Å². The molecule has 0 unspecified atom stereocenters. The van der Waals surface area contributed by atoms with Gasteiger partial charge in [0.1, 0.15) is 0 Å². The van der Waals surface area contributed by atoms with E-state index in [9.17, 15) is 4.79 Å². The van der Waals surface area contributed by atoms with Crippen molar-refractivity contribution in [3.63, 3.8) is 0 Å². The number of hydrogen-bond donors (Lipinski definition) is 0. The molecule has 1 fully saturated rings. The second-order valence-corrected chi connectivity index (χ2v) is 9.40. The highest BCUT2D eigenvalue weighted by Crippen LogP contribution is 2.35. The number of nitrogens with zero attached hydrogens (tertiary/aromatic N) is 1. The minimum Gasteiger partial charge on any atom is -0.341 e. The SMILES string of the molecule is CN(CC1CC(Br)C1)C(=O)c1cc(Br)sc1Br. The van der Waals surface area contributed by atoms with Gasteiger partial charge in [-0.15, -0.1) is 11.3 Å². The van der Waals surface area contributed by atoms with Crippen molar-refractivity contribution in [1.82, 2.24) is 4.90 Å². The van der Waals surface area contributed by atoms with Crippen molar-refractivity contribution < 1.29 is 4.79 Å². The molecule has 0 atom stereocenters. The number of carbonyl (C=O) groups is 1. The molecule has 17 heavy (non-hydrogen) atoms. The largest absolute Gasteiger partial charge is 0.341 e. The summed E-state index contributed by atoms with van der Waals surface area (Å²) in [6, 6.07) is 1.88. The lowest BCUT2D eigenvalue weighted by molar-refractivity contribution is 0.0748. The first-order valence-electron chi connectivity index (χ1n) is 5.31. The Morgan fingerprint density at radius 1 is 1.53 bits per heavy atom. The summed E-state index contributed by atoms with van der Waals surface area (Å²) in [4.78, 5) is 14.7. The second-order valence-electron chi connectivity index (χ2n) is 4.36. The molecule has 0 radical (unpaired) electrons. The van der Waals surface area contributed by atoms with Crippen molar-refractivity contribution in [2.75, 3.05) is 13.6 Å². The first-order valence-corrected chi connectivity index (χ1v) is 8.63. The lowest BCUT2D eigenvalue weighted by Gasteiger charge is -2.34. The molecule has 1 aliphatic rings. The van der Waals surface area contributed by atoms with E-state index in [0.29, 0.717) is 10.7 Å². The summed E-state index contributed by atoms with van der Waals surface area (Å²) in [5.74, 6) is 0.742. The molecule has 0 bridgehead atoms. The Balaban J connectivity index is 1.97. The zero-order valence-electron chi connectivity index (χ0n) is 9.25. The van der Waals surface area contributed by atoms with Crippen molar-refractivity contribution in [3.8, 4) is 0 Å². The van der Waals surface area contributed by atoms with Crippen LogP contribution in [0.4, 0.5) is 0 Å². The fourth-order valence-electron chi connectivity index (χ4n) is 1.97. The molecule has 1 saturated carbocycles. The van der Waals surface area contributed by atoms with Gasteiger partial charge in [0.05, 0.1) is 13.1 Å². The average Bonchev–Trinajstić information content (AvgIpc) is 2.54. The minimum absolute atomic E-state index is 0.0943. The number of alkyl halides is 1. The third-order valence-corrected chi connectivity index (χ3v) is 6.03. The second kappa shape index (κ2) is 5.72. The van der Waals surface area contributed by atoms with Crippen LogP contribution in [0, 0.1) is 5.92 Å². The van der Waals surface area contributed by atoms with Crippen LogP contribution >= 0.6 is 59.1 Å². The predicted molar refractivity (Wildman–Crippen MR) is 82.1 cm³/mol. The van der Waals surface area contributed by atoms with E-state index in [-0.39, 0.29) is 5.91 Å². The average molecular weight is 446 g/mol. The summed E-state index contributed by atoms with van der Waals surface area (Å²) in [6.45, 7) is 0.848. The van der Waals surface area contributed by atoms with Crippen LogP contribution in [-0.4, -0.2) is 29.2 Å². The van der Waals surface area contributed by atoms with Crippen molar-refractivity contribution >= 4 is 65.0 Å². The number of halogens is 3. The van der Waals surface area contributed by atoms with Gasteiger partial charge in [-0.3, -0.25) is 4.79 Å². The van der Waals surface area contributed by atoms with E-state index >= 15 is 0 Å². The molecule has 0 aromatic carbocycles. The summed E-state index contributed by atoms with van der Waals surface area (Å²) in [5.41, 5.74) is 0.749. The zero-order valence-corrected chi connectivity index (χ0v) is 14.8. The molecule has 2 nitrogen and oxygen atoms in total. The monoisotopic (exact) mass is 443 g/mol. The maximum absolute atomic E-state index is 12.2. The van der Waals surface area contributed by atoms with Gasteiger partial charge in [-0.05, 0) is 56.7 Å². The Kier molecular flexibility index (Phi) is 4.72. The Hall–Kier alpha value is 0.610. The van der Waals surface area contributed by atoms with Crippen LogP contribution in [-0.2, 0) is 0 Å². The molecule has 0 saturated heterocycles. The number of rotatable bonds is 3. The van der Waals surface area contributed by atoms with Gasteiger partial charge in [0, 0.05) is 18.4 Å². The van der Waals surface area contributed by atoms with Crippen molar-refractivity contribution in [1.29, 1.82) is 0 Å². The normalized spacial score (nSPS) is 23.3. The summed E-state index contributed by atoms with van der Waals surface area (Å²) in [6.07, 6.45) is 2.35. The van der Waals surface area contributed by atoms with Crippen LogP contribution in [0.3, 0.4) is 0 Å². The maximum Gasteiger partial charge on any atom is 0.255 e. The van der Waals surface area contributed by atoms with Crippen LogP contribution in [0.2, 0.25) is 0 Å². The van der Waals surface area contributed by atoms with Crippen molar-refractivity contribution in [3.05, 3.63) is 19.2 Å². The molecule has 2 rings (SSSR count). The number of hydrogen-bond acceptors (Lipinski definition) is 2. The standard InChI is InChI=1S/C11H12Br3NOS/c1-15(5-6-2-7(12)3-6)11(16)8-4-9(13)17-10(8)14/h4,6-7H,2-3,5H2,1H3. The van der Waals surface area contributed by atoms with E-state index in [1.165, 1.54) is 24.2 Å². The lowest BCUT2D eigenvalue weighted by atomic mass is 9.85. The smallest absolute Gasteiger partial charge is 0.255 e. The molecule has 0 spiro atoms. The molecule has 94 valence electrons. The van der Waals surface area contributed by atoms with E-state index in [1.54, 1.807) is 0 Å². The fourth-order valence-corrected chi connectivity index (χ4v) is 5.80. The summed E-state index contributed by atoms with van der Waals surface area (Å²) in [7, 11) is 1.88. The highest BCUT2D eigenvalue weighted by Gasteiger charge is 2.29. The number of thiophene rings is 1. The van der Waals surface area contributed by atoms with Gasteiger partial charge in [0.2, 0.25) is 0 Å². The highest BCUT2D eigenvalue weighted by atomic mass is 79.9. The molecule has 6 heteroatoms. The van der Waals surface area contributed by atoms with Gasteiger partial charge in [-0.25, -0.2) is 0 Å². The Morgan fingerprint density at radius 3 is 2.65 bits per heavy atom. The van der Waals surface area contributed by atoms with Crippen molar-refractivity contribution in [2.45, 2.75) is 17.7 Å². The Morgan fingerprint density at radius 2 is 2.18 bits per heavy atom. The lowest BCUT2D eigenvalue weighted by Crippen LogP contribution is -2.37. The Bertz CT molecular complexity index is 428. The summed E-state index contributed by atoms with van der Waals surface area (Å²) in [5, 5.41) is 0. The highest BCUT2D eigenvalue weighted by molar-refractivity contribution is 9.12. The molecule has 1 amide bonds. The molecular weight excluding hydrogens is 434 g/mol. The van der Waals surface area contributed by atoms with Gasteiger partial charge in [-0.2, -0.15) is 0 Å². The van der Waals surface area contributed by atoms with Gasteiger partial charge >= 0.3 is 0 Å². The van der Waals surface area contributed by atoms with Crippen LogP contribution in [0.5, 0.6) is 0 Å². The molecular formula is C11H12Br3NOS. The predicted octanol–water partition coefficient (Wildman–Crippen LogP) is 4.52. The van der Waals surface area contributed by atoms with Crippen LogP contribution in [0.25, 0.3) is 0 Å². The van der Waals surface area contributed by atoms with E-state index in [2.05, 4.69) is 47.8 Å². The van der Waals surface area contributed by atoms with Gasteiger partial charge < -0.3 is 4.90 Å². The third kappa shape index (κ3) is 3.33. The van der Waals surface area contributed by atoms with Gasteiger partial charge in [0.25, 0.3) is 5.91 Å². The number of carbonyl (C=O) groups excluding carboxylic acids is 1. The molecule has 0 N–H and O–H groups in total. The van der Waals surface area contributed by atoms with Crippen LogP contribution in [0.1, 0.15) is 23.2 Å². The molecule has 0 aliphatic heterocycles. The van der Waals surface area contributed by atoms with E-state index < -0.39 is 0 Å². The first-order chi connectivity index (χ1) is 7.97. The zero-order chi connectivity index (χ0) is 12.6. The Labute approximate surface area is 130 Å². The third-order valence-electron chi connectivity index (χ3n) is 2.94. The summed E-state index contributed by atoms with van der Waals surface area (Å²) >= 11 is 11.9. The molecule has 1 aromatic heterocycles. The summed E-state index contributed by atoms with van der Waals surface area (Å²) < 4.78 is 1.87. The van der Waals surface area contributed by atoms with E-state index in [0.717, 1.165) is 19.7 Å². The quantitative estimate of drug-likeness (QED) is 0.626. The van der Waals surface area contributed by atoms with Crippen LogP contribution in [0.15, 0.2) is 13.6 Å². The fraction of sp³-hybridized carbons (Fsp3) is 0.545. The van der Waals surface area contributed by atoms with Crippen LogP contribution < -0.4 is 0 Å². The van der Waals surface area contributed by atoms with Crippen molar-refractivity contribution in [2.24, 2.45) is 5.92 Å². The molecule has 1 aliphatic carbocycles. The molecule has 1 aromatic rings. The number of amides is 1. The minimum atomic E-state index is 0.0943.